The molecule has 0 aliphatic carbocycles. The second kappa shape index (κ2) is 13.4. The second-order valence-corrected chi connectivity index (χ2v) is 9.13. The lowest BCUT2D eigenvalue weighted by molar-refractivity contribution is 0.266. The number of ether oxygens (including phenoxy) is 2. The van der Waals surface area contributed by atoms with Crippen molar-refractivity contribution in [3.05, 3.63) is 83.9 Å². The summed E-state index contributed by atoms with van der Waals surface area (Å²) in [6.45, 7) is 4.75. The van der Waals surface area contributed by atoms with Gasteiger partial charge in [0.15, 0.2) is 0 Å². The van der Waals surface area contributed by atoms with Crippen LogP contribution >= 0.6 is 24.8 Å². The molecule has 0 unspecified atom stereocenters. The Balaban J connectivity index is 0.00000176. The molecule has 0 amide bonds. The molecule has 7 nitrogen and oxygen atoms in total. The summed E-state index contributed by atoms with van der Waals surface area (Å²) in [5.41, 5.74) is 4.01. The summed E-state index contributed by atoms with van der Waals surface area (Å²) in [6.07, 6.45) is 1.83. The van der Waals surface area contributed by atoms with Crippen LogP contribution in [-0.2, 0) is 0 Å². The van der Waals surface area contributed by atoms with E-state index < -0.39 is 0 Å². The van der Waals surface area contributed by atoms with Gasteiger partial charge in [0.05, 0.1) is 26.3 Å². The molecule has 204 valence electrons. The zero-order valence-corrected chi connectivity index (χ0v) is 23.2. The van der Waals surface area contributed by atoms with Gasteiger partial charge in [0.2, 0.25) is 0 Å². The van der Waals surface area contributed by atoms with Gasteiger partial charge in [-0.2, -0.15) is 0 Å². The summed E-state index contributed by atoms with van der Waals surface area (Å²) in [5, 5.41) is 7.67. The number of benzene rings is 3. The highest BCUT2D eigenvalue weighted by atomic mass is 35.5. The van der Waals surface area contributed by atoms with Crippen LogP contribution < -0.4 is 20.1 Å². The molecule has 39 heavy (non-hydrogen) atoms. The third-order valence-electron chi connectivity index (χ3n) is 6.46. The minimum Gasteiger partial charge on any atom is -0.494 e. The molecule has 6 rings (SSSR count). The summed E-state index contributed by atoms with van der Waals surface area (Å²) in [5.74, 6) is 4.44. The molecule has 3 aromatic carbocycles. The van der Waals surface area contributed by atoms with E-state index in [1.807, 2.05) is 54.6 Å². The number of hydrogen-bond acceptors (Lipinski definition) is 7. The molecular formula is C30H32Cl2N4O3. The zero-order valence-electron chi connectivity index (χ0n) is 21.5. The predicted octanol–water partition coefficient (Wildman–Crippen LogP) is 5.88. The fraction of sp³-hybridized carbons (Fsp3) is 0.267. The molecule has 0 fully saturated rings. The van der Waals surface area contributed by atoms with Crippen molar-refractivity contribution in [2.24, 2.45) is 9.98 Å². The number of unbranched alkanes of at least 4 members (excludes halogenated alkanes) is 1. The number of nitrogens with one attached hydrogen (secondary N) is 2. The average Bonchev–Trinajstić information content (AvgIpc) is 3.73. The van der Waals surface area contributed by atoms with E-state index in [1.54, 1.807) is 0 Å². The van der Waals surface area contributed by atoms with E-state index in [9.17, 15) is 0 Å². The highest BCUT2D eigenvalue weighted by Crippen LogP contribution is 2.30. The van der Waals surface area contributed by atoms with Gasteiger partial charge >= 0.3 is 0 Å². The molecular weight excluding hydrogens is 535 g/mol. The van der Waals surface area contributed by atoms with Gasteiger partial charge in [0.1, 0.15) is 34.5 Å². The molecule has 1 aromatic heterocycles. The molecule has 0 radical (unpaired) electrons. The lowest BCUT2D eigenvalue weighted by atomic mass is 10.1. The van der Waals surface area contributed by atoms with Crippen molar-refractivity contribution in [2.75, 3.05) is 39.4 Å². The molecule has 9 heteroatoms. The van der Waals surface area contributed by atoms with E-state index >= 15 is 0 Å². The van der Waals surface area contributed by atoms with Crippen molar-refractivity contribution in [1.29, 1.82) is 0 Å². The third-order valence-corrected chi connectivity index (χ3v) is 6.46. The van der Waals surface area contributed by atoms with Crippen LogP contribution in [-0.4, -0.2) is 51.1 Å². The minimum absolute atomic E-state index is 0. The smallest absolute Gasteiger partial charge is 0.135 e. The number of rotatable bonds is 10. The Labute approximate surface area is 240 Å². The lowest BCUT2D eigenvalue weighted by Crippen LogP contribution is -2.19. The maximum Gasteiger partial charge on any atom is 0.135 e. The van der Waals surface area contributed by atoms with E-state index in [4.69, 9.17) is 13.9 Å². The Hall–Kier alpha value is -3.68. The number of halogens is 2. The first-order chi connectivity index (χ1) is 18.3. The maximum atomic E-state index is 6.18. The van der Waals surface area contributed by atoms with Gasteiger partial charge in [-0.05, 0) is 61.4 Å². The SMILES string of the molecule is Cl.Cl.c1cc(OCCCCOc2ccc(C3=NCCN3)cc2)cc(-c2cc3ccc(C4=NCCN4)cc3o2)c1. The fourth-order valence-electron chi connectivity index (χ4n) is 4.54. The highest BCUT2D eigenvalue weighted by molar-refractivity contribution is 6.02. The molecule has 0 saturated carbocycles. The molecule has 0 atom stereocenters. The van der Waals surface area contributed by atoms with E-state index in [0.717, 1.165) is 95.6 Å². The number of hydrogen-bond donors (Lipinski definition) is 2. The summed E-state index contributed by atoms with van der Waals surface area (Å²) in [4.78, 5) is 8.95. The Kier molecular flexibility index (Phi) is 9.74. The Morgan fingerprint density at radius 3 is 2.03 bits per heavy atom. The van der Waals surface area contributed by atoms with Crippen LogP contribution in [0.4, 0.5) is 0 Å². The number of furan rings is 1. The summed E-state index contributed by atoms with van der Waals surface area (Å²) in [7, 11) is 0. The van der Waals surface area contributed by atoms with Gasteiger partial charge in [-0.3, -0.25) is 9.98 Å². The number of fused-ring (bicyclic) bond motifs is 1. The molecule has 2 N–H and O–H groups in total. The second-order valence-electron chi connectivity index (χ2n) is 9.13. The van der Waals surface area contributed by atoms with E-state index in [2.05, 4.69) is 38.8 Å². The van der Waals surface area contributed by atoms with Gasteiger partial charge in [-0.25, -0.2) is 0 Å². The van der Waals surface area contributed by atoms with Crippen LogP contribution in [0.25, 0.3) is 22.3 Å². The van der Waals surface area contributed by atoms with Crippen LogP contribution in [0.2, 0.25) is 0 Å². The fourth-order valence-corrected chi connectivity index (χ4v) is 4.54. The topological polar surface area (TPSA) is 80.4 Å². The standard InChI is InChI=1S/C30H30N4O3.2ClH/c1(16-35-25-10-8-21(9-11-25)29-31-12-13-32-29)2-17-36-26-5-3-4-22(18-26)27-19-23-6-7-24(20-28(23)37-27)30-33-14-15-34-30;;/h3-11,18-20H,1-2,12-17H2,(H,31,32)(H,33,34);2*1H. The first-order valence-electron chi connectivity index (χ1n) is 12.9. The first-order valence-corrected chi connectivity index (χ1v) is 12.9. The Morgan fingerprint density at radius 1 is 0.667 bits per heavy atom. The summed E-state index contributed by atoms with van der Waals surface area (Å²) >= 11 is 0. The minimum atomic E-state index is 0. The molecule has 2 aliphatic heterocycles. The summed E-state index contributed by atoms with van der Waals surface area (Å²) < 4.78 is 18.1. The number of aliphatic imine (C=N–C) groups is 2. The molecule has 0 bridgehead atoms. The van der Waals surface area contributed by atoms with Crippen molar-refractivity contribution in [2.45, 2.75) is 12.8 Å². The van der Waals surface area contributed by atoms with Crippen molar-refractivity contribution in [3.63, 3.8) is 0 Å². The van der Waals surface area contributed by atoms with Gasteiger partial charge in [0.25, 0.3) is 0 Å². The van der Waals surface area contributed by atoms with Gasteiger partial charge in [-0.15, -0.1) is 24.8 Å². The average molecular weight is 568 g/mol. The van der Waals surface area contributed by atoms with Crippen LogP contribution in [0, 0.1) is 0 Å². The predicted molar refractivity (Wildman–Crippen MR) is 162 cm³/mol. The van der Waals surface area contributed by atoms with E-state index in [-0.39, 0.29) is 24.8 Å². The third kappa shape index (κ3) is 6.85. The monoisotopic (exact) mass is 566 g/mol. The van der Waals surface area contributed by atoms with Crippen molar-refractivity contribution < 1.29 is 13.9 Å². The lowest BCUT2D eigenvalue weighted by Gasteiger charge is -2.09. The van der Waals surface area contributed by atoms with Crippen molar-refractivity contribution in [1.82, 2.24) is 10.6 Å². The largest absolute Gasteiger partial charge is 0.494 e. The van der Waals surface area contributed by atoms with Crippen molar-refractivity contribution >= 4 is 47.5 Å². The van der Waals surface area contributed by atoms with E-state index in [1.165, 1.54) is 0 Å². The molecule has 0 saturated heterocycles. The normalized spacial score (nSPS) is 13.9. The molecule has 3 heterocycles. The van der Waals surface area contributed by atoms with Gasteiger partial charge in [-0.1, -0.05) is 24.3 Å². The number of amidine groups is 2. The van der Waals surface area contributed by atoms with Gasteiger partial charge < -0.3 is 24.5 Å². The quantitative estimate of drug-likeness (QED) is 0.234. The van der Waals surface area contributed by atoms with Gasteiger partial charge in [0, 0.05) is 35.2 Å². The zero-order chi connectivity index (χ0) is 24.9. The Morgan fingerprint density at radius 2 is 1.33 bits per heavy atom. The number of nitrogens with zero attached hydrogens (tertiary/aromatic N) is 2. The Bertz CT molecular complexity index is 1450. The van der Waals surface area contributed by atoms with Crippen LogP contribution in [0.15, 0.2) is 87.2 Å². The molecule has 2 aliphatic rings. The highest BCUT2D eigenvalue weighted by Gasteiger charge is 2.12. The molecule has 4 aromatic rings. The first kappa shape index (κ1) is 28.3. The van der Waals surface area contributed by atoms with Crippen LogP contribution in [0.3, 0.4) is 0 Å². The maximum absolute atomic E-state index is 6.18. The molecule has 0 spiro atoms. The van der Waals surface area contributed by atoms with Crippen LogP contribution in [0.1, 0.15) is 24.0 Å². The van der Waals surface area contributed by atoms with E-state index in [0.29, 0.717) is 13.2 Å². The van der Waals surface area contributed by atoms with Crippen LogP contribution in [0.5, 0.6) is 11.5 Å². The van der Waals surface area contributed by atoms with Crippen molar-refractivity contribution in [3.8, 4) is 22.8 Å². The summed E-state index contributed by atoms with van der Waals surface area (Å²) in [6, 6.07) is 24.4.